The normalized spacial score (nSPS) is 24.3. The number of nitrogens with one attached hydrogen (secondary N) is 1. The molecule has 2 heterocycles. The Morgan fingerprint density at radius 3 is 3.11 bits per heavy atom. The number of H-pyrrole nitrogens is 1. The van der Waals surface area contributed by atoms with E-state index in [1.54, 1.807) is 0 Å². The Morgan fingerprint density at radius 1 is 1.67 bits per heavy atom. The molecule has 3 N–H and O–H groups in total. The average molecular weight is 315 g/mol. The number of anilines is 1. The fourth-order valence-electron chi connectivity index (χ4n) is 2.58. The van der Waals surface area contributed by atoms with Crippen molar-refractivity contribution in [1.82, 2.24) is 9.97 Å². The summed E-state index contributed by atoms with van der Waals surface area (Å²) in [5, 5.41) is 0. The number of piperidine rings is 1. The van der Waals surface area contributed by atoms with E-state index in [1.165, 1.54) is 12.7 Å². The molecule has 18 heavy (non-hydrogen) atoms. The zero-order valence-electron chi connectivity index (χ0n) is 10.5. The molecular formula is C12H19BrN4O. The van der Waals surface area contributed by atoms with Gasteiger partial charge in [-0.25, -0.2) is 4.98 Å². The third-order valence-corrected chi connectivity index (χ3v) is 4.44. The highest BCUT2D eigenvalue weighted by Gasteiger charge is 2.29. The predicted molar refractivity (Wildman–Crippen MR) is 75.8 cm³/mol. The summed E-state index contributed by atoms with van der Waals surface area (Å²) in [5.41, 5.74) is 5.72. The van der Waals surface area contributed by atoms with Crippen LogP contribution < -0.4 is 16.2 Å². The fourth-order valence-corrected chi connectivity index (χ4v) is 3.03. The third kappa shape index (κ3) is 2.59. The van der Waals surface area contributed by atoms with Crippen molar-refractivity contribution in [3.63, 3.8) is 0 Å². The van der Waals surface area contributed by atoms with E-state index in [0.717, 1.165) is 25.3 Å². The van der Waals surface area contributed by atoms with Crippen LogP contribution in [0.2, 0.25) is 0 Å². The maximum absolute atomic E-state index is 11.6. The van der Waals surface area contributed by atoms with Crippen molar-refractivity contribution in [3.05, 3.63) is 21.2 Å². The van der Waals surface area contributed by atoms with Gasteiger partial charge in [0, 0.05) is 19.1 Å². The molecule has 1 aliphatic heterocycles. The van der Waals surface area contributed by atoms with Crippen LogP contribution in [0, 0.1) is 5.92 Å². The Hall–Kier alpha value is -0.880. The highest BCUT2D eigenvalue weighted by Crippen LogP contribution is 2.30. The zero-order chi connectivity index (χ0) is 13.1. The molecule has 0 amide bonds. The van der Waals surface area contributed by atoms with Crippen LogP contribution in [0.4, 0.5) is 5.82 Å². The second kappa shape index (κ2) is 5.84. The van der Waals surface area contributed by atoms with Crippen molar-refractivity contribution in [3.8, 4) is 0 Å². The molecule has 1 aromatic rings. The summed E-state index contributed by atoms with van der Waals surface area (Å²) in [5.74, 6) is 1.44. The maximum Gasteiger partial charge on any atom is 0.267 e. The number of halogens is 1. The van der Waals surface area contributed by atoms with Gasteiger partial charge >= 0.3 is 0 Å². The fraction of sp³-hybridized carbons (Fsp3) is 0.667. The molecule has 5 nitrogen and oxygen atoms in total. The van der Waals surface area contributed by atoms with E-state index in [9.17, 15) is 4.79 Å². The zero-order valence-corrected chi connectivity index (χ0v) is 12.1. The van der Waals surface area contributed by atoms with Gasteiger partial charge < -0.3 is 15.6 Å². The summed E-state index contributed by atoms with van der Waals surface area (Å²) >= 11 is 3.32. The predicted octanol–water partition coefficient (Wildman–Crippen LogP) is 1.49. The minimum absolute atomic E-state index is 0.145. The molecular weight excluding hydrogens is 296 g/mol. The number of hydrogen-bond acceptors (Lipinski definition) is 4. The van der Waals surface area contributed by atoms with Crippen LogP contribution in [-0.2, 0) is 0 Å². The number of aromatic amines is 1. The summed E-state index contributed by atoms with van der Waals surface area (Å²) < 4.78 is 0.499. The van der Waals surface area contributed by atoms with Crippen molar-refractivity contribution in [2.45, 2.75) is 32.2 Å². The second-order valence-electron chi connectivity index (χ2n) is 4.75. The molecule has 0 bridgehead atoms. The largest absolute Gasteiger partial charge is 0.351 e. The van der Waals surface area contributed by atoms with E-state index in [1.807, 2.05) is 0 Å². The molecule has 1 saturated heterocycles. The van der Waals surface area contributed by atoms with Gasteiger partial charge in [0.15, 0.2) is 5.82 Å². The van der Waals surface area contributed by atoms with Crippen LogP contribution in [0.3, 0.4) is 0 Å². The van der Waals surface area contributed by atoms with Crippen LogP contribution in [0.5, 0.6) is 0 Å². The lowest BCUT2D eigenvalue weighted by atomic mass is 9.89. The Morgan fingerprint density at radius 2 is 2.44 bits per heavy atom. The molecule has 1 aliphatic rings. The van der Waals surface area contributed by atoms with E-state index in [4.69, 9.17) is 5.73 Å². The van der Waals surface area contributed by atoms with Crippen LogP contribution in [-0.4, -0.2) is 29.1 Å². The van der Waals surface area contributed by atoms with Gasteiger partial charge in [-0.1, -0.05) is 13.3 Å². The van der Waals surface area contributed by atoms with Crippen molar-refractivity contribution < 1.29 is 0 Å². The first-order valence-corrected chi connectivity index (χ1v) is 7.16. The highest BCUT2D eigenvalue weighted by molar-refractivity contribution is 9.10. The summed E-state index contributed by atoms with van der Waals surface area (Å²) in [6, 6.07) is 0.272. The summed E-state index contributed by atoms with van der Waals surface area (Å²) in [7, 11) is 0. The van der Waals surface area contributed by atoms with E-state index >= 15 is 0 Å². The quantitative estimate of drug-likeness (QED) is 0.886. The van der Waals surface area contributed by atoms with Crippen LogP contribution in [0.15, 0.2) is 15.6 Å². The smallest absolute Gasteiger partial charge is 0.267 e. The van der Waals surface area contributed by atoms with Gasteiger partial charge in [0.2, 0.25) is 0 Å². The average Bonchev–Trinajstić information content (AvgIpc) is 2.41. The Kier molecular flexibility index (Phi) is 4.40. The van der Waals surface area contributed by atoms with E-state index in [0.29, 0.717) is 16.8 Å². The van der Waals surface area contributed by atoms with Crippen LogP contribution in [0.1, 0.15) is 26.2 Å². The Bertz CT molecular complexity index is 462. The standard InChI is InChI=1S/C12H19BrN4O/c1-2-8-3-4-17(9(5-8)6-14)11-10(13)12(18)16-7-15-11/h7-9H,2-6,14H2,1H3,(H,15,16,18). The first-order valence-electron chi connectivity index (χ1n) is 6.37. The van der Waals surface area contributed by atoms with E-state index in [2.05, 4.69) is 37.7 Å². The minimum Gasteiger partial charge on any atom is -0.351 e. The molecule has 0 radical (unpaired) electrons. The van der Waals surface area contributed by atoms with Gasteiger partial charge in [-0.3, -0.25) is 4.79 Å². The van der Waals surface area contributed by atoms with E-state index < -0.39 is 0 Å². The Balaban J connectivity index is 2.27. The lowest BCUT2D eigenvalue weighted by Gasteiger charge is -2.39. The molecule has 2 rings (SSSR count). The number of nitrogens with zero attached hydrogens (tertiary/aromatic N) is 2. The summed E-state index contributed by atoms with van der Waals surface area (Å²) in [6.45, 7) is 3.72. The molecule has 1 aromatic heterocycles. The minimum atomic E-state index is -0.145. The molecule has 6 heteroatoms. The molecule has 100 valence electrons. The first-order chi connectivity index (χ1) is 8.67. The first kappa shape index (κ1) is 13.5. The molecule has 0 saturated carbocycles. The third-order valence-electron chi connectivity index (χ3n) is 3.72. The monoisotopic (exact) mass is 314 g/mol. The van der Waals surface area contributed by atoms with Crippen molar-refractivity contribution in [2.24, 2.45) is 11.7 Å². The van der Waals surface area contributed by atoms with Gasteiger partial charge in [-0.15, -0.1) is 0 Å². The summed E-state index contributed by atoms with van der Waals surface area (Å²) in [4.78, 5) is 20.6. The van der Waals surface area contributed by atoms with Gasteiger partial charge in [-0.05, 0) is 34.7 Å². The molecule has 1 fully saturated rings. The second-order valence-corrected chi connectivity index (χ2v) is 5.54. The highest BCUT2D eigenvalue weighted by atomic mass is 79.9. The number of aromatic nitrogens is 2. The molecule has 2 unspecified atom stereocenters. The van der Waals surface area contributed by atoms with Crippen LogP contribution >= 0.6 is 15.9 Å². The van der Waals surface area contributed by atoms with Gasteiger partial charge in [-0.2, -0.15) is 0 Å². The van der Waals surface area contributed by atoms with Crippen molar-refractivity contribution in [1.29, 1.82) is 0 Å². The van der Waals surface area contributed by atoms with Gasteiger partial charge in [0.25, 0.3) is 5.56 Å². The van der Waals surface area contributed by atoms with Gasteiger partial charge in [0.1, 0.15) is 4.47 Å². The van der Waals surface area contributed by atoms with Crippen LogP contribution in [0.25, 0.3) is 0 Å². The lowest BCUT2D eigenvalue weighted by molar-refractivity contribution is 0.334. The van der Waals surface area contributed by atoms with E-state index in [-0.39, 0.29) is 11.6 Å². The SMILES string of the molecule is CCC1CCN(c2nc[nH]c(=O)c2Br)C(CN)C1. The molecule has 0 aliphatic carbocycles. The maximum atomic E-state index is 11.6. The van der Waals surface area contributed by atoms with Crippen molar-refractivity contribution >= 4 is 21.7 Å². The number of hydrogen-bond donors (Lipinski definition) is 2. The Labute approximate surface area is 115 Å². The topological polar surface area (TPSA) is 75.0 Å². The molecule has 0 spiro atoms. The lowest BCUT2D eigenvalue weighted by Crippen LogP contribution is -2.47. The van der Waals surface area contributed by atoms with Gasteiger partial charge in [0.05, 0.1) is 6.33 Å². The van der Waals surface area contributed by atoms with Crippen molar-refractivity contribution in [2.75, 3.05) is 18.0 Å². The molecule has 2 atom stereocenters. The summed E-state index contributed by atoms with van der Waals surface area (Å²) in [6.07, 6.45) is 4.85. The molecule has 0 aromatic carbocycles. The number of nitrogens with two attached hydrogens (primary N) is 1. The number of rotatable bonds is 3.